The van der Waals surface area contributed by atoms with Crippen LogP contribution in [-0.2, 0) is 4.74 Å². The minimum atomic E-state index is -3.14. The van der Waals surface area contributed by atoms with E-state index in [1.54, 1.807) is 13.2 Å². The molecule has 2 N–H and O–H groups in total. The normalized spacial score (nSPS) is 17.4. The van der Waals surface area contributed by atoms with Gasteiger partial charge in [0.1, 0.15) is 11.9 Å². The number of amides is 3. The van der Waals surface area contributed by atoms with Crippen LogP contribution in [0.4, 0.5) is 36.0 Å². The van der Waals surface area contributed by atoms with Crippen LogP contribution in [0, 0.1) is 0 Å². The van der Waals surface area contributed by atoms with Crippen molar-refractivity contribution in [3.8, 4) is 5.88 Å². The molecule has 2 aromatic heterocycles. The number of aromatic nitrogens is 4. The van der Waals surface area contributed by atoms with E-state index in [1.807, 2.05) is 0 Å². The maximum atomic E-state index is 14.7. The number of likely N-dealkylation sites (N-methyl/N-ethyl adjacent to an activating group) is 2. The molecular weight excluding hydrogens is 572 g/mol. The first-order valence-corrected chi connectivity index (χ1v) is 14.1. The summed E-state index contributed by atoms with van der Waals surface area (Å²) in [7, 11) is 4.62. The Morgan fingerprint density at radius 1 is 1.14 bits per heavy atom. The van der Waals surface area contributed by atoms with E-state index >= 15 is 0 Å². The third kappa shape index (κ3) is 10.6. The van der Waals surface area contributed by atoms with E-state index in [4.69, 9.17) is 4.74 Å². The molecule has 0 spiro atoms. The predicted molar refractivity (Wildman–Crippen MR) is 160 cm³/mol. The van der Waals surface area contributed by atoms with Crippen molar-refractivity contribution in [3.63, 3.8) is 0 Å². The molecule has 2 aliphatic rings. The fourth-order valence-electron chi connectivity index (χ4n) is 3.90. The zero-order valence-electron chi connectivity index (χ0n) is 24.5. The molecule has 4 heterocycles. The molecule has 13 nitrogen and oxygen atoms in total. The maximum absolute atomic E-state index is 14.7. The summed E-state index contributed by atoms with van der Waals surface area (Å²) in [6.45, 7) is 4.30. The summed E-state index contributed by atoms with van der Waals surface area (Å²) in [6.07, 6.45) is 10.1. The van der Waals surface area contributed by atoms with E-state index in [1.165, 1.54) is 56.7 Å². The van der Waals surface area contributed by atoms with Gasteiger partial charge in [-0.25, -0.2) is 33.3 Å². The fraction of sp³-hybridized carbons (Fsp3) is 0.538. The summed E-state index contributed by atoms with van der Waals surface area (Å²) < 4.78 is 39.2. The van der Waals surface area contributed by atoms with Gasteiger partial charge in [0.2, 0.25) is 11.8 Å². The van der Waals surface area contributed by atoms with Crippen LogP contribution < -0.4 is 20.3 Å². The van der Waals surface area contributed by atoms with Gasteiger partial charge in [-0.05, 0) is 32.7 Å². The smallest absolute Gasteiger partial charge is 0.412 e. The van der Waals surface area contributed by atoms with Crippen molar-refractivity contribution in [2.45, 2.75) is 31.7 Å². The number of carbonyl (C=O) groups excluding carboxylic acids is 2. The third-order valence-electron chi connectivity index (χ3n) is 6.14. The van der Waals surface area contributed by atoms with Gasteiger partial charge < -0.3 is 24.2 Å². The highest BCUT2D eigenvalue weighted by atomic mass is 32.1. The molecule has 232 valence electrons. The molecule has 0 radical (unpaired) electrons. The number of thiol groups is 1. The first-order valence-electron chi connectivity index (χ1n) is 13.2. The van der Waals surface area contributed by atoms with Gasteiger partial charge in [-0.1, -0.05) is 12.2 Å². The van der Waals surface area contributed by atoms with Gasteiger partial charge in [-0.2, -0.15) is 17.6 Å². The minimum absolute atomic E-state index is 0.0367. The summed E-state index contributed by atoms with van der Waals surface area (Å²) >= 11 is 3.53. The SMILES string of the molecule is CCOc1cnc(NC(=O)N(C)C2CN(c3nccc(NC(=O)OC)n3)CCC2(F)F)cn1.CN1CC=CCC1.CS. The standard InChI is InChI=1S/C19H24F2N8O4.C6H11N.CH4S/c1-4-33-15-10-23-14(9-24-15)26-17(30)28(2)12-11-29(8-6-19(12,20)21)16-22-7-5-13(25-16)27-18(31)32-3;1-7-5-3-2-4-6-7;1-2/h5,7,9-10,12H,4,6,8,11H2,1-3H3,(H,23,26,30)(H,22,25,27,31);2-3H,4-6H2,1H3;2H,1H3. The van der Waals surface area contributed by atoms with Gasteiger partial charge in [0.05, 0.1) is 26.1 Å². The van der Waals surface area contributed by atoms with Crippen molar-refractivity contribution >= 4 is 42.3 Å². The summed E-state index contributed by atoms with van der Waals surface area (Å²) in [4.78, 5) is 45.0. The molecule has 0 bridgehead atoms. The van der Waals surface area contributed by atoms with Crippen molar-refractivity contribution in [2.24, 2.45) is 0 Å². The number of halogens is 2. The van der Waals surface area contributed by atoms with Gasteiger partial charge in [0.15, 0.2) is 5.82 Å². The van der Waals surface area contributed by atoms with Gasteiger partial charge >= 0.3 is 12.1 Å². The molecule has 2 aromatic rings. The highest BCUT2D eigenvalue weighted by Crippen LogP contribution is 2.33. The van der Waals surface area contributed by atoms with Crippen LogP contribution in [0.1, 0.15) is 19.8 Å². The summed E-state index contributed by atoms with van der Waals surface area (Å²) in [6, 6.07) is -0.807. The number of nitrogens with zero attached hydrogens (tertiary/aromatic N) is 7. The highest BCUT2D eigenvalue weighted by Gasteiger charge is 2.48. The molecule has 1 fully saturated rings. The zero-order chi connectivity index (χ0) is 31.1. The predicted octanol–water partition coefficient (Wildman–Crippen LogP) is 3.65. The number of methoxy groups -OCH3 is 1. The van der Waals surface area contributed by atoms with Crippen molar-refractivity contribution in [3.05, 3.63) is 36.8 Å². The first-order chi connectivity index (χ1) is 20.1. The monoisotopic (exact) mass is 611 g/mol. The second kappa shape index (κ2) is 17.2. The lowest BCUT2D eigenvalue weighted by molar-refractivity contribution is -0.0760. The molecule has 4 rings (SSSR count). The van der Waals surface area contributed by atoms with E-state index in [2.05, 4.69) is 72.0 Å². The van der Waals surface area contributed by atoms with Gasteiger partial charge in [0, 0.05) is 45.8 Å². The average Bonchev–Trinajstić information content (AvgIpc) is 2.99. The van der Waals surface area contributed by atoms with Crippen LogP contribution in [0.15, 0.2) is 36.8 Å². The van der Waals surface area contributed by atoms with Crippen molar-refractivity contribution in [1.29, 1.82) is 0 Å². The van der Waals surface area contributed by atoms with Crippen molar-refractivity contribution in [2.75, 3.05) is 75.8 Å². The summed E-state index contributed by atoms with van der Waals surface area (Å²) in [5.74, 6) is -2.48. The van der Waals surface area contributed by atoms with Gasteiger partial charge in [-0.3, -0.25) is 10.6 Å². The molecule has 42 heavy (non-hydrogen) atoms. The van der Waals surface area contributed by atoms with Crippen molar-refractivity contribution in [1.82, 2.24) is 29.7 Å². The number of hydrogen-bond acceptors (Lipinski definition) is 11. The number of nitrogens with one attached hydrogen (secondary N) is 2. The molecule has 0 saturated carbocycles. The largest absolute Gasteiger partial charge is 0.477 e. The Morgan fingerprint density at radius 2 is 1.90 bits per heavy atom. The number of hydrogen-bond donors (Lipinski definition) is 3. The molecular formula is C26H39F2N9O4S. The molecule has 0 aliphatic carbocycles. The lowest BCUT2D eigenvalue weighted by Crippen LogP contribution is -2.60. The van der Waals surface area contributed by atoms with E-state index in [-0.39, 0.29) is 36.6 Å². The molecule has 1 unspecified atom stereocenters. The van der Waals surface area contributed by atoms with Crippen LogP contribution in [0.3, 0.4) is 0 Å². The Morgan fingerprint density at radius 3 is 2.48 bits per heavy atom. The van der Waals surface area contributed by atoms with Crippen LogP contribution in [0.5, 0.6) is 5.88 Å². The van der Waals surface area contributed by atoms with Crippen LogP contribution in [-0.4, -0.2) is 114 Å². The zero-order valence-corrected chi connectivity index (χ0v) is 25.4. The number of piperidine rings is 1. The van der Waals surface area contributed by atoms with E-state index in [0.29, 0.717) is 6.61 Å². The van der Waals surface area contributed by atoms with E-state index < -0.39 is 30.5 Å². The summed E-state index contributed by atoms with van der Waals surface area (Å²) in [5.41, 5.74) is 0. The lowest BCUT2D eigenvalue weighted by atomic mass is 10.00. The van der Waals surface area contributed by atoms with Crippen LogP contribution >= 0.6 is 12.6 Å². The van der Waals surface area contributed by atoms with Crippen LogP contribution in [0.2, 0.25) is 0 Å². The molecule has 1 saturated heterocycles. The number of carbonyl (C=O) groups is 2. The quantitative estimate of drug-likeness (QED) is 0.328. The average molecular weight is 612 g/mol. The molecule has 1 atom stereocenters. The van der Waals surface area contributed by atoms with Crippen LogP contribution in [0.25, 0.3) is 0 Å². The van der Waals surface area contributed by atoms with Gasteiger partial charge in [-0.15, -0.1) is 0 Å². The number of urea groups is 1. The summed E-state index contributed by atoms with van der Waals surface area (Å²) in [5, 5.41) is 4.85. The van der Waals surface area contributed by atoms with Gasteiger partial charge in [0.25, 0.3) is 5.92 Å². The molecule has 3 amide bonds. The molecule has 16 heteroatoms. The third-order valence-corrected chi connectivity index (χ3v) is 6.14. The fourth-order valence-corrected chi connectivity index (χ4v) is 3.90. The molecule has 2 aliphatic heterocycles. The lowest BCUT2D eigenvalue weighted by Gasteiger charge is -2.42. The van der Waals surface area contributed by atoms with E-state index in [9.17, 15) is 18.4 Å². The minimum Gasteiger partial charge on any atom is -0.477 e. The second-order valence-electron chi connectivity index (χ2n) is 9.07. The Hall–Kier alpha value is -3.79. The Kier molecular flexibility index (Phi) is 14.1. The van der Waals surface area contributed by atoms with Crippen molar-refractivity contribution < 1.29 is 27.8 Å². The topological polar surface area (TPSA) is 138 Å². The molecule has 0 aromatic carbocycles. The second-order valence-corrected chi connectivity index (χ2v) is 9.07. The Labute approximate surface area is 250 Å². The first kappa shape index (κ1) is 34.4. The van der Waals surface area contributed by atoms with E-state index in [0.717, 1.165) is 11.4 Å². The number of anilines is 3. The number of rotatable bonds is 6. The number of alkyl halides is 2. The number of ether oxygens (including phenoxy) is 2. The Balaban J connectivity index is 0.000000590. The highest BCUT2D eigenvalue weighted by molar-refractivity contribution is 7.79. The maximum Gasteiger partial charge on any atom is 0.412 e. The Bertz CT molecular complexity index is 1160.